The van der Waals surface area contributed by atoms with Crippen molar-refractivity contribution < 1.29 is 14.3 Å². The van der Waals surface area contributed by atoms with E-state index in [0.717, 1.165) is 0 Å². The Kier molecular flexibility index (Phi) is 2.24. The van der Waals surface area contributed by atoms with Crippen molar-refractivity contribution in [1.29, 1.82) is 0 Å². The van der Waals surface area contributed by atoms with Gasteiger partial charge in [-0.1, -0.05) is 0 Å². The highest BCUT2D eigenvalue weighted by Crippen LogP contribution is 2.06. The van der Waals surface area contributed by atoms with E-state index in [4.69, 9.17) is 4.74 Å². The first-order valence-electron chi connectivity index (χ1n) is 3.18. The monoisotopic (exact) mass is 145 g/mol. The summed E-state index contributed by atoms with van der Waals surface area (Å²) in [6.07, 6.45) is -0.0764. The van der Waals surface area contributed by atoms with Crippen molar-refractivity contribution in [3.05, 3.63) is 0 Å². The summed E-state index contributed by atoms with van der Waals surface area (Å²) in [5, 5.41) is 2.86. The predicted molar refractivity (Wildman–Crippen MR) is 34.4 cm³/mol. The molecule has 1 aliphatic heterocycles. The molecule has 0 unspecified atom stereocenters. The van der Waals surface area contributed by atoms with Crippen molar-refractivity contribution in [2.45, 2.75) is 19.1 Å². The number of ether oxygens (including phenoxy) is 2. The van der Waals surface area contributed by atoms with Crippen LogP contribution in [0.25, 0.3) is 0 Å². The van der Waals surface area contributed by atoms with Gasteiger partial charge in [0, 0.05) is 0 Å². The molecule has 1 aliphatic rings. The third-order valence-electron chi connectivity index (χ3n) is 1.57. The molecule has 58 valence electrons. The summed E-state index contributed by atoms with van der Waals surface area (Å²) in [5.41, 5.74) is 0. The van der Waals surface area contributed by atoms with Gasteiger partial charge < -0.3 is 9.47 Å². The SMILES string of the molecule is COC(=O)[C@@H]1NCO[C@H]1C. The maximum absolute atomic E-state index is 10.9. The van der Waals surface area contributed by atoms with Gasteiger partial charge >= 0.3 is 5.97 Å². The summed E-state index contributed by atoms with van der Waals surface area (Å²) in [6, 6.07) is -0.287. The van der Waals surface area contributed by atoms with E-state index in [9.17, 15) is 4.79 Å². The third kappa shape index (κ3) is 1.27. The summed E-state index contributed by atoms with van der Waals surface area (Å²) in [4.78, 5) is 10.9. The van der Waals surface area contributed by atoms with Crippen LogP contribution in [0.2, 0.25) is 0 Å². The molecule has 0 aliphatic carbocycles. The fourth-order valence-corrected chi connectivity index (χ4v) is 0.933. The highest BCUT2D eigenvalue weighted by atomic mass is 16.5. The van der Waals surface area contributed by atoms with Crippen molar-refractivity contribution in [3.8, 4) is 0 Å². The molecule has 1 rings (SSSR count). The van der Waals surface area contributed by atoms with E-state index in [0.29, 0.717) is 6.73 Å². The number of hydrogen-bond donors (Lipinski definition) is 1. The Morgan fingerprint density at radius 3 is 2.90 bits per heavy atom. The second kappa shape index (κ2) is 2.98. The lowest BCUT2D eigenvalue weighted by Crippen LogP contribution is -2.38. The molecule has 4 nitrogen and oxygen atoms in total. The van der Waals surface area contributed by atoms with Gasteiger partial charge in [-0.05, 0) is 6.92 Å². The quantitative estimate of drug-likeness (QED) is 0.505. The molecule has 0 saturated carbocycles. The average molecular weight is 145 g/mol. The minimum atomic E-state index is -0.287. The Hall–Kier alpha value is -0.610. The van der Waals surface area contributed by atoms with Crippen LogP contribution in [-0.4, -0.2) is 32.0 Å². The summed E-state index contributed by atoms with van der Waals surface area (Å²) in [5.74, 6) is -0.259. The first-order valence-corrected chi connectivity index (χ1v) is 3.18. The number of methoxy groups -OCH3 is 1. The van der Waals surface area contributed by atoms with E-state index in [1.165, 1.54) is 7.11 Å². The first kappa shape index (κ1) is 7.50. The molecule has 4 heteroatoms. The Bertz CT molecular complexity index is 137. The summed E-state index contributed by atoms with van der Waals surface area (Å²) < 4.78 is 9.60. The van der Waals surface area contributed by atoms with E-state index in [-0.39, 0.29) is 18.1 Å². The standard InChI is InChI=1S/C6H11NO3/c1-4-5(6(8)9-2)7-3-10-4/h4-5,7H,3H2,1-2H3/t4-,5+/m0/s1. The van der Waals surface area contributed by atoms with Crippen LogP contribution in [0.1, 0.15) is 6.92 Å². The molecular formula is C6H11NO3. The van der Waals surface area contributed by atoms with Gasteiger partial charge in [0.05, 0.1) is 19.9 Å². The van der Waals surface area contributed by atoms with Crippen LogP contribution in [0.5, 0.6) is 0 Å². The number of rotatable bonds is 1. The van der Waals surface area contributed by atoms with E-state index >= 15 is 0 Å². The van der Waals surface area contributed by atoms with E-state index in [1.54, 1.807) is 0 Å². The molecule has 1 N–H and O–H groups in total. The molecule has 10 heavy (non-hydrogen) atoms. The molecule has 0 aromatic rings. The highest BCUT2D eigenvalue weighted by molar-refractivity contribution is 5.76. The van der Waals surface area contributed by atoms with Gasteiger partial charge in [0.25, 0.3) is 0 Å². The smallest absolute Gasteiger partial charge is 0.325 e. The zero-order valence-electron chi connectivity index (χ0n) is 6.09. The maximum Gasteiger partial charge on any atom is 0.325 e. The molecule has 0 aromatic carbocycles. The van der Waals surface area contributed by atoms with Gasteiger partial charge in [-0.2, -0.15) is 0 Å². The van der Waals surface area contributed by atoms with Crippen molar-refractivity contribution in [1.82, 2.24) is 5.32 Å². The molecule has 0 aromatic heterocycles. The number of esters is 1. The van der Waals surface area contributed by atoms with Gasteiger partial charge in [-0.25, -0.2) is 0 Å². The summed E-state index contributed by atoms with van der Waals surface area (Å²) in [7, 11) is 1.37. The van der Waals surface area contributed by atoms with Gasteiger partial charge in [0.15, 0.2) is 0 Å². The largest absolute Gasteiger partial charge is 0.468 e. The second-order valence-electron chi connectivity index (χ2n) is 2.22. The Balaban J connectivity index is 2.46. The zero-order chi connectivity index (χ0) is 7.56. The fourth-order valence-electron chi connectivity index (χ4n) is 0.933. The van der Waals surface area contributed by atoms with Crippen LogP contribution in [0.4, 0.5) is 0 Å². The lowest BCUT2D eigenvalue weighted by Gasteiger charge is -2.09. The fraction of sp³-hybridized carbons (Fsp3) is 0.833. The lowest BCUT2D eigenvalue weighted by atomic mass is 10.2. The first-order chi connectivity index (χ1) is 4.75. The number of carbonyl (C=O) groups is 1. The molecule has 0 bridgehead atoms. The molecule has 2 atom stereocenters. The summed E-state index contributed by atoms with van der Waals surface area (Å²) in [6.45, 7) is 2.27. The molecule has 1 saturated heterocycles. The summed E-state index contributed by atoms with van der Waals surface area (Å²) >= 11 is 0. The van der Waals surface area contributed by atoms with Crippen LogP contribution in [0.3, 0.4) is 0 Å². The molecular weight excluding hydrogens is 134 g/mol. The lowest BCUT2D eigenvalue weighted by molar-refractivity contribution is -0.143. The van der Waals surface area contributed by atoms with E-state index in [1.807, 2.05) is 6.92 Å². The topological polar surface area (TPSA) is 47.6 Å². The number of carbonyl (C=O) groups excluding carboxylic acids is 1. The second-order valence-corrected chi connectivity index (χ2v) is 2.22. The van der Waals surface area contributed by atoms with Crippen LogP contribution in [0, 0.1) is 0 Å². The molecule has 1 fully saturated rings. The predicted octanol–water partition coefficient (Wildman–Crippen LogP) is -0.506. The van der Waals surface area contributed by atoms with Crippen molar-refractivity contribution in [2.24, 2.45) is 0 Å². The van der Waals surface area contributed by atoms with E-state index in [2.05, 4.69) is 10.1 Å². The molecule has 0 spiro atoms. The number of nitrogens with one attached hydrogen (secondary N) is 1. The van der Waals surface area contributed by atoms with E-state index < -0.39 is 0 Å². The molecule has 0 amide bonds. The van der Waals surface area contributed by atoms with Crippen LogP contribution < -0.4 is 5.32 Å². The van der Waals surface area contributed by atoms with Crippen LogP contribution in [0.15, 0.2) is 0 Å². The van der Waals surface area contributed by atoms with Crippen LogP contribution >= 0.6 is 0 Å². The van der Waals surface area contributed by atoms with Crippen molar-refractivity contribution in [2.75, 3.05) is 13.8 Å². The minimum Gasteiger partial charge on any atom is -0.468 e. The van der Waals surface area contributed by atoms with Gasteiger partial charge in [0.1, 0.15) is 6.04 Å². The van der Waals surface area contributed by atoms with Gasteiger partial charge in [0.2, 0.25) is 0 Å². The third-order valence-corrected chi connectivity index (χ3v) is 1.57. The maximum atomic E-state index is 10.9. The normalized spacial score (nSPS) is 32.2. The van der Waals surface area contributed by atoms with Crippen molar-refractivity contribution in [3.63, 3.8) is 0 Å². The number of hydrogen-bond acceptors (Lipinski definition) is 4. The zero-order valence-corrected chi connectivity index (χ0v) is 6.09. The highest BCUT2D eigenvalue weighted by Gasteiger charge is 2.30. The Labute approximate surface area is 59.5 Å². The van der Waals surface area contributed by atoms with Crippen molar-refractivity contribution >= 4 is 5.97 Å². The minimum absolute atomic E-state index is 0.0764. The van der Waals surface area contributed by atoms with Gasteiger partial charge in [-0.3, -0.25) is 10.1 Å². The molecule has 1 heterocycles. The Morgan fingerprint density at radius 2 is 2.50 bits per heavy atom. The Morgan fingerprint density at radius 1 is 1.80 bits per heavy atom. The van der Waals surface area contributed by atoms with Crippen LogP contribution in [-0.2, 0) is 14.3 Å². The average Bonchev–Trinajstić information content (AvgIpc) is 2.34. The molecule has 0 radical (unpaired) electrons. The van der Waals surface area contributed by atoms with Gasteiger partial charge in [-0.15, -0.1) is 0 Å².